The Kier molecular flexibility index (Phi) is 7.51. The third-order valence-corrected chi connectivity index (χ3v) is 4.52. The maximum Gasteiger partial charge on any atom is 0.175 e. The Morgan fingerprint density at radius 3 is 2.63 bits per heavy atom. The van der Waals surface area contributed by atoms with Gasteiger partial charge < -0.3 is 4.90 Å². The topological polar surface area (TPSA) is 20.3 Å². The van der Waals surface area contributed by atoms with Crippen molar-refractivity contribution in [2.75, 3.05) is 25.4 Å². The zero-order valence-electron chi connectivity index (χ0n) is 11.9. The average Bonchev–Trinajstić information content (AvgIpc) is 2.42. The summed E-state index contributed by atoms with van der Waals surface area (Å²) in [5.41, 5.74) is 0.704. The minimum atomic E-state index is -0.0194. The lowest BCUT2D eigenvalue weighted by molar-refractivity contribution is 0.0994. The van der Waals surface area contributed by atoms with Crippen LogP contribution >= 0.6 is 23.4 Å². The van der Waals surface area contributed by atoms with Crippen molar-refractivity contribution in [2.24, 2.45) is 0 Å². The summed E-state index contributed by atoms with van der Waals surface area (Å²) in [6.45, 7) is 9.45. The molecule has 0 aromatic heterocycles. The Hall–Kier alpha value is -0.510. The average molecular weight is 300 g/mol. The smallest absolute Gasteiger partial charge is 0.175 e. The van der Waals surface area contributed by atoms with Crippen LogP contribution in [0, 0.1) is 0 Å². The molecule has 0 saturated carbocycles. The number of Topliss-reactive ketones (excluding diaryl/α,β-unsaturated/α-hetero) is 1. The van der Waals surface area contributed by atoms with Gasteiger partial charge in [-0.1, -0.05) is 37.6 Å². The van der Waals surface area contributed by atoms with E-state index < -0.39 is 0 Å². The predicted octanol–water partition coefficient (Wildman–Crippen LogP) is 3.99. The van der Waals surface area contributed by atoms with E-state index in [-0.39, 0.29) is 11.0 Å². The Labute approximate surface area is 125 Å². The summed E-state index contributed by atoms with van der Waals surface area (Å²) < 4.78 is 0. The molecule has 0 radical (unpaired) electrons. The molecule has 1 unspecified atom stereocenters. The Balaban J connectivity index is 2.45. The van der Waals surface area contributed by atoms with Gasteiger partial charge in [-0.2, -0.15) is 0 Å². The fourth-order valence-corrected chi connectivity index (χ4v) is 3.05. The van der Waals surface area contributed by atoms with Gasteiger partial charge in [0.05, 0.1) is 5.25 Å². The standard InChI is InChI=1S/C15H22ClNOS/c1-4-17(5-2)9-10-19-12(3)15(18)13-7-6-8-14(16)11-13/h6-8,11-12H,4-5,9-10H2,1-3H3. The third kappa shape index (κ3) is 5.55. The molecule has 0 N–H and O–H groups in total. The van der Waals surface area contributed by atoms with Gasteiger partial charge in [0.15, 0.2) is 5.78 Å². The number of hydrogen-bond acceptors (Lipinski definition) is 3. The van der Waals surface area contributed by atoms with Crippen molar-refractivity contribution in [3.8, 4) is 0 Å². The van der Waals surface area contributed by atoms with Crippen molar-refractivity contribution < 1.29 is 4.79 Å². The van der Waals surface area contributed by atoms with Gasteiger partial charge in [-0.25, -0.2) is 0 Å². The van der Waals surface area contributed by atoms with Gasteiger partial charge in [0.1, 0.15) is 0 Å². The van der Waals surface area contributed by atoms with E-state index in [9.17, 15) is 4.79 Å². The molecular weight excluding hydrogens is 278 g/mol. The van der Waals surface area contributed by atoms with Gasteiger partial charge in [-0.05, 0) is 32.1 Å². The van der Waals surface area contributed by atoms with Gasteiger partial charge in [0, 0.05) is 22.9 Å². The lowest BCUT2D eigenvalue weighted by Gasteiger charge is -2.18. The molecule has 1 rings (SSSR count). The molecule has 0 aliphatic carbocycles. The number of rotatable bonds is 8. The monoisotopic (exact) mass is 299 g/mol. The zero-order valence-corrected chi connectivity index (χ0v) is 13.4. The van der Waals surface area contributed by atoms with Gasteiger partial charge in [-0.15, -0.1) is 11.8 Å². The number of nitrogens with zero attached hydrogens (tertiary/aromatic N) is 1. The van der Waals surface area contributed by atoms with Crippen LogP contribution in [0.3, 0.4) is 0 Å². The summed E-state index contributed by atoms with van der Waals surface area (Å²) in [4.78, 5) is 14.6. The van der Waals surface area contributed by atoms with Crippen molar-refractivity contribution in [1.29, 1.82) is 0 Å². The lowest BCUT2D eigenvalue weighted by atomic mass is 10.1. The largest absolute Gasteiger partial charge is 0.303 e. The maximum atomic E-state index is 12.2. The number of thioether (sulfide) groups is 1. The van der Waals surface area contributed by atoms with Crippen LogP contribution in [0.25, 0.3) is 0 Å². The molecule has 0 saturated heterocycles. The van der Waals surface area contributed by atoms with E-state index in [1.807, 2.05) is 19.1 Å². The van der Waals surface area contributed by atoms with E-state index in [0.29, 0.717) is 10.6 Å². The Morgan fingerprint density at radius 1 is 1.37 bits per heavy atom. The van der Waals surface area contributed by atoms with Crippen LogP contribution in [0.15, 0.2) is 24.3 Å². The van der Waals surface area contributed by atoms with E-state index in [0.717, 1.165) is 25.4 Å². The van der Waals surface area contributed by atoms with Crippen molar-refractivity contribution in [3.05, 3.63) is 34.9 Å². The van der Waals surface area contributed by atoms with Crippen molar-refractivity contribution >= 4 is 29.1 Å². The fraction of sp³-hybridized carbons (Fsp3) is 0.533. The third-order valence-electron chi connectivity index (χ3n) is 3.15. The van der Waals surface area contributed by atoms with Crippen LogP contribution in [0.4, 0.5) is 0 Å². The number of hydrogen-bond donors (Lipinski definition) is 0. The summed E-state index contributed by atoms with van der Waals surface area (Å²) in [6.07, 6.45) is 0. The lowest BCUT2D eigenvalue weighted by Crippen LogP contribution is -2.26. The summed E-state index contributed by atoms with van der Waals surface area (Å²) in [5, 5.41) is 0.597. The predicted molar refractivity (Wildman–Crippen MR) is 85.5 cm³/mol. The van der Waals surface area contributed by atoms with Gasteiger partial charge >= 0.3 is 0 Å². The molecule has 0 fully saturated rings. The SMILES string of the molecule is CCN(CC)CCSC(C)C(=O)c1cccc(Cl)c1. The molecule has 1 aromatic rings. The minimum Gasteiger partial charge on any atom is -0.303 e. The van der Waals surface area contributed by atoms with Gasteiger partial charge in [0.2, 0.25) is 0 Å². The van der Waals surface area contributed by atoms with Crippen molar-refractivity contribution in [3.63, 3.8) is 0 Å². The summed E-state index contributed by atoms with van der Waals surface area (Å²) in [5.74, 6) is 1.14. The molecule has 0 aliphatic rings. The van der Waals surface area contributed by atoms with Crippen LogP contribution in [-0.2, 0) is 0 Å². The van der Waals surface area contributed by atoms with Crippen LogP contribution in [0.5, 0.6) is 0 Å². The van der Waals surface area contributed by atoms with Gasteiger partial charge in [0.25, 0.3) is 0 Å². The maximum absolute atomic E-state index is 12.2. The normalized spacial score (nSPS) is 12.7. The van der Waals surface area contributed by atoms with Crippen molar-refractivity contribution in [2.45, 2.75) is 26.0 Å². The second-order valence-corrected chi connectivity index (χ2v) is 6.30. The molecular formula is C15H22ClNOS. The van der Waals surface area contributed by atoms with Crippen LogP contribution in [0.1, 0.15) is 31.1 Å². The number of benzene rings is 1. The molecule has 4 heteroatoms. The first-order valence-corrected chi connectivity index (χ1v) is 8.14. The molecule has 0 aliphatic heterocycles. The number of carbonyl (C=O) groups is 1. The Morgan fingerprint density at radius 2 is 2.05 bits per heavy atom. The van der Waals surface area contributed by atoms with E-state index in [4.69, 9.17) is 11.6 Å². The van der Waals surface area contributed by atoms with Crippen LogP contribution in [-0.4, -0.2) is 41.3 Å². The second kappa shape index (κ2) is 8.62. The molecule has 2 nitrogen and oxygen atoms in total. The highest BCUT2D eigenvalue weighted by atomic mass is 35.5. The fourth-order valence-electron chi connectivity index (χ4n) is 1.85. The van der Waals surface area contributed by atoms with Crippen molar-refractivity contribution in [1.82, 2.24) is 4.90 Å². The van der Waals surface area contributed by atoms with Crippen LogP contribution in [0.2, 0.25) is 5.02 Å². The highest BCUT2D eigenvalue weighted by Gasteiger charge is 2.15. The van der Waals surface area contributed by atoms with E-state index in [1.165, 1.54) is 0 Å². The summed E-state index contributed by atoms with van der Waals surface area (Å²) >= 11 is 7.62. The first-order chi connectivity index (χ1) is 9.08. The van der Waals surface area contributed by atoms with E-state index >= 15 is 0 Å². The Bertz CT molecular complexity index is 407. The highest BCUT2D eigenvalue weighted by Crippen LogP contribution is 2.19. The second-order valence-electron chi connectivity index (χ2n) is 4.41. The summed E-state index contributed by atoms with van der Waals surface area (Å²) in [7, 11) is 0. The molecule has 1 atom stereocenters. The summed E-state index contributed by atoms with van der Waals surface area (Å²) in [6, 6.07) is 7.18. The van der Waals surface area contributed by atoms with E-state index in [2.05, 4.69) is 18.7 Å². The van der Waals surface area contributed by atoms with Crippen LogP contribution < -0.4 is 0 Å². The quantitative estimate of drug-likeness (QED) is 0.677. The molecule has 106 valence electrons. The molecule has 0 amide bonds. The minimum absolute atomic E-state index is 0.0194. The number of carbonyl (C=O) groups excluding carboxylic acids is 1. The molecule has 0 spiro atoms. The zero-order chi connectivity index (χ0) is 14.3. The first-order valence-electron chi connectivity index (χ1n) is 6.72. The molecule has 0 heterocycles. The number of halogens is 1. The molecule has 0 bridgehead atoms. The van der Waals surface area contributed by atoms with Gasteiger partial charge in [-0.3, -0.25) is 4.79 Å². The molecule has 1 aromatic carbocycles. The first kappa shape index (κ1) is 16.5. The molecule has 19 heavy (non-hydrogen) atoms. The van der Waals surface area contributed by atoms with E-state index in [1.54, 1.807) is 23.9 Å². The highest BCUT2D eigenvalue weighted by molar-refractivity contribution is 8.00. The number of ketones is 1.